The number of nitrogens with two attached hydrogens (primary N) is 1. The van der Waals surface area contributed by atoms with Gasteiger partial charge in [0.2, 0.25) is 0 Å². The molecule has 2 rings (SSSR count). The van der Waals surface area contributed by atoms with Crippen LogP contribution < -0.4 is 5.73 Å². The van der Waals surface area contributed by atoms with Crippen LogP contribution in [0.15, 0.2) is 28.2 Å². The van der Waals surface area contributed by atoms with Crippen LogP contribution >= 0.6 is 27.3 Å². The first-order chi connectivity index (χ1) is 6.79. The van der Waals surface area contributed by atoms with Crippen molar-refractivity contribution in [3.8, 4) is 0 Å². The molecule has 0 aliphatic heterocycles. The smallest absolute Gasteiger partial charge is 0.0756 e. The molecule has 0 aromatic carbocycles. The number of aromatic nitrogens is 2. The molecule has 0 saturated heterocycles. The van der Waals surface area contributed by atoms with Gasteiger partial charge in [0.15, 0.2) is 0 Å². The summed E-state index contributed by atoms with van der Waals surface area (Å²) in [5, 5.41) is 4.22. The van der Waals surface area contributed by atoms with Gasteiger partial charge < -0.3 is 5.73 Å². The summed E-state index contributed by atoms with van der Waals surface area (Å²) in [6, 6.07) is 6.09. The van der Waals surface area contributed by atoms with Crippen molar-refractivity contribution in [2.45, 2.75) is 13.1 Å². The summed E-state index contributed by atoms with van der Waals surface area (Å²) >= 11 is 5.16. The zero-order chi connectivity index (χ0) is 9.97. The molecule has 0 spiro atoms. The summed E-state index contributed by atoms with van der Waals surface area (Å²) in [7, 11) is 0. The molecule has 0 saturated carbocycles. The van der Waals surface area contributed by atoms with Crippen molar-refractivity contribution >= 4 is 27.3 Å². The van der Waals surface area contributed by atoms with Crippen LogP contribution in [0.3, 0.4) is 0 Å². The van der Waals surface area contributed by atoms with Crippen molar-refractivity contribution in [2.24, 2.45) is 5.73 Å². The molecular weight excluding hydrogens is 262 g/mol. The predicted molar refractivity (Wildman–Crippen MR) is 61.2 cm³/mol. The first kappa shape index (κ1) is 9.89. The van der Waals surface area contributed by atoms with Crippen LogP contribution in [0.2, 0.25) is 0 Å². The lowest BCUT2D eigenvalue weighted by atomic mass is 10.4. The molecule has 2 N–H and O–H groups in total. The van der Waals surface area contributed by atoms with Crippen molar-refractivity contribution in [2.75, 3.05) is 0 Å². The molecule has 0 aliphatic rings. The fraction of sp³-hybridized carbons (Fsp3) is 0.222. The molecule has 2 heterocycles. The van der Waals surface area contributed by atoms with Crippen LogP contribution in [-0.2, 0) is 13.1 Å². The molecule has 0 radical (unpaired) electrons. The normalized spacial score (nSPS) is 10.7. The second kappa shape index (κ2) is 4.25. The average Bonchev–Trinajstić information content (AvgIpc) is 2.76. The second-order valence-corrected chi connectivity index (χ2v) is 5.44. The summed E-state index contributed by atoms with van der Waals surface area (Å²) < 4.78 is 3.08. The highest BCUT2D eigenvalue weighted by Gasteiger charge is 2.03. The molecule has 0 unspecified atom stereocenters. The van der Waals surface area contributed by atoms with Crippen molar-refractivity contribution in [3.05, 3.63) is 38.8 Å². The van der Waals surface area contributed by atoms with Crippen molar-refractivity contribution in [1.29, 1.82) is 0 Å². The minimum absolute atomic E-state index is 0.534. The monoisotopic (exact) mass is 271 g/mol. The Hall–Kier alpha value is -0.650. The Balaban J connectivity index is 2.18. The fourth-order valence-electron chi connectivity index (χ4n) is 1.26. The Bertz CT molecular complexity index is 421. The lowest BCUT2D eigenvalue weighted by Gasteiger charge is -2.02. The highest BCUT2D eigenvalue weighted by atomic mass is 79.9. The third-order valence-corrected chi connectivity index (χ3v) is 3.56. The molecule has 0 fully saturated rings. The van der Waals surface area contributed by atoms with Gasteiger partial charge in [0.25, 0.3) is 0 Å². The lowest BCUT2D eigenvalue weighted by Crippen LogP contribution is -2.08. The zero-order valence-electron chi connectivity index (χ0n) is 7.48. The molecule has 14 heavy (non-hydrogen) atoms. The average molecular weight is 272 g/mol. The molecule has 0 aliphatic carbocycles. The van der Waals surface area contributed by atoms with Gasteiger partial charge in [-0.15, -0.1) is 11.3 Å². The minimum Gasteiger partial charge on any atom is -0.325 e. The van der Waals surface area contributed by atoms with Gasteiger partial charge in [0.1, 0.15) is 0 Å². The Morgan fingerprint density at radius 3 is 2.93 bits per heavy atom. The van der Waals surface area contributed by atoms with Gasteiger partial charge in [0.05, 0.1) is 16.0 Å². The van der Waals surface area contributed by atoms with Crippen molar-refractivity contribution < 1.29 is 0 Å². The van der Waals surface area contributed by atoms with Crippen LogP contribution in [-0.4, -0.2) is 9.78 Å². The molecule has 5 heteroatoms. The fourth-order valence-corrected chi connectivity index (χ4v) is 2.73. The van der Waals surface area contributed by atoms with Crippen LogP contribution in [0.4, 0.5) is 0 Å². The van der Waals surface area contributed by atoms with E-state index >= 15 is 0 Å². The topological polar surface area (TPSA) is 43.8 Å². The van der Waals surface area contributed by atoms with Gasteiger partial charge in [0, 0.05) is 17.6 Å². The summed E-state index contributed by atoms with van der Waals surface area (Å²) in [5.41, 5.74) is 6.65. The Labute approximate surface area is 94.7 Å². The number of thiophene rings is 1. The van der Waals surface area contributed by atoms with Gasteiger partial charge in [-0.1, -0.05) is 0 Å². The molecular formula is C9H10BrN3S. The van der Waals surface area contributed by atoms with Gasteiger partial charge >= 0.3 is 0 Å². The van der Waals surface area contributed by atoms with E-state index in [0.717, 1.165) is 16.0 Å². The van der Waals surface area contributed by atoms with Crippen molar-refractivity contribution in [3.63, 3.8) is 0 Å². The van der Waals surface area contributed by atoms with Gasteiger partial charge in [-0.3, -0.25) is 4.68 Å². The van der Waals surface area contributed by atoms with Crippen LogP contribution in [0, 0.1) is 0 Å². The minimum atomic E-state index is 0.534. The molecule has 3 nitrogen and oxygen atoms in total. The highest BCUT2D eigenvalue weighted by Crippen LogP contribution is 2.22. The van der Waals surface area contributed by atoms with E-state index in [0.29, 0.717) is 6.54 Å². The van der Waals surface area contributed by atoms with E-state index in [4.69, 9.17) is 5.73 Å². The summed E-state index contributed by atoms with van der Waals surface area (Å²) in [5.74, 6) is 0. The maximum absolute atomic E-state index is 5.59. The van der Waals surface area contributed by atoms with E-state index in [-0.39, 0.29) is 0 Å². The van der Waals surface area contributed by atoms with Gasteiger partial charge in [-0.25, -0.2) is 0 Å². The Morgan fingerprint density at radius 1 is 1.43 bits per heavy atom. The molecule has 74 valence electrons. The van der Waals surface area contributed by atoms with E-state index in [2.05, 4.69) is 27.1 Å². The van der Waals surface area contributed by atoms with Crippen LogP contribution in [0.25, 0.3) is 0 Å². The Kier molecular flexibility index (Phi) is 3.00. The summed E-state index contributed by atoms with van der Waals surface area (Å²) in [6.45, 7) is 1.34. The highest BCUT2D eigenvalue weighted by molar-refractivity contribution is 9.11. The van der Waals surface area contributed by atoms with Crippen LogP contribution in [0.5, 0.6) is 0 Å². The van der Waals surface area contributed by atoms with E-state index in [9.17, 15) is 0 Å². The number of hydrogen-bond donors (Lipinski definition) is 1. The predicted octanol–water partition coefficient (Wildman–Crippen LogP) is 2.21. The molecule has 0 atom stereocenters. The second-order valence-electron chi connectivity index (χ2n) is 2.89. The standard InChI is InChI=1S/C9H10BrN3S/c10-9-2-1-8(14-9)6-13-7(5-11)3-4-12-13/h1-4H,5-6,11H2. The molecule has 0 amide bonds. The summed E-state index contributed by atoms with van der Waals surface area (Å²) in [4.78, 5) is 1.27. The largest absolute Gasteiger partial charge is 0.325 e. The molecule has 0 bridgehead atoms. The SMILES string of the molecule is NCc1ccnn1Cc1ccc(Br)s1. The number of halogens is 1. The zero-order valence-corrected chi connectivity index (χ0v) is 9.88. The van der Waals surface area contributed by atoms with Gasteiger partial charge in [-0.2, -0.15) is 5.10 Å². The number of rotatable bonds is 3. The maximum atomic E-state index is 5.59. The van der Waals surface area contributed by atoms with E-state index < -0.39 is 0 Å². The third-order valence-electron chi connectivity index (χ3n) is 1.95. The quantitative estimate of drug-likeness (QED) is 0.931. The third kappa shape index (κ3) is 2.05. The molecule has 2 aromatic rings. The van der Waals surface area contributed by atoms with E-state index in [1.165, 1.54) is 4.88 Å². The van der Waals surface area contributed by atoms with Crippen LogP contribution in [0.1, 0.15) is 10.6 Å². The first-order valence-corrected chi connectivity index (χ1v) is 5.85. The van der Waals surface area contributed by atoms with E-state index in [1.54, 1.807) is 17.5 Å². The molecule has 2 aromatic heterocycles. The lowest BCUT2D eigenvalue weighted by molar-refractivity contribution is 0.652. The maximum Gasteiger partial charge on any atom is 0.0756 e. The van der Waals surface area contributed by atoms with Crippen molar-refractivity contribution in [1.82, 2.24) is 9.78 Å². The Morgan fingerprint density at radius 2 is 2.29 bits per heavy atom. The van der Waals surface area contributed by atoms with Gasteiger partial charge in [-0.05, 0) is 34.1 Å². The number of nitrogens with zero attached hydrogens (tertiary/aromatic N) is 2. The first-order valence-electron chi connectivity index (χ1n) is 4.24. The van der Waals surface area contributed by atoms with E-state index in [1.807, 2.05) is 16.8 Å². The number of hydrogen-bond acceptors (Lipinski definition) is 3. The summed E-state index contributed by atoms with van der Waals surface area (Å²) in [6.07, 6.45) is 1.78.